The normalized spacial score (nSPS) is 22.2. The SMILES string of the molecule is CCCNc1nccc(C(=O)N2CCC(C)C(C)C2)c1F. The van der Waals surface area contributed by atoms with Crippen LogP contribution in [0.1, 0.15) is 44.0 Å². The van der Waals surface area contributed by atoms with Crippen LogP contribution in [-0.2, 0) is 0 Å². The van der Waals surface area contributed by atoms with E-state index in [1.165, 1.54) is 12.3 Å². The highest BCUT2D eigenvalue weighted by molar-refractivity contribution is 5.95. The third-order valence-electron chi connectivity index (χ3n) is 4.28. The Morgan fingerprint density at radius 3 is 2.90 bits per heavy atom. The highest BCUT2D eigenvalue weighted by atomic mass is 19.1. The molecule has 5 heteroatoms. The third kappa shape index (κ3) is 3.52. The van der Waals surface area contributed by atoms with E-state index >= 15 is 0 Å². The molecule has 1 aliphatic rings. The number of piperidine rings is 1. The second kappa shape index (κ2) is 6.87. The largest absolute Gasteiger partial charge is 0.368 e. The Kier molecular flexibility index (Phi) is 5.15. The van der Waals surface area contributed by atoms with E-state index < -0.39 is 5.82 Å². The summed E-state index contributed by atoms with van der Waals surface area (Å²) in [4.78, 5) is 18.3. The van der Waals surface area contributed by atoms with Gasteiger partial charge in [0.1, 0.15) is 0 Å². The number of halogens is 1. The van der Waals surface area contributed by atoms with E-state index in [1.807, 2.05) is 6.92 Å². The quantitative estimate of drug-likeness (QED) is 0.927. The molecule has 0 aromatic carbocycles. The molecule has 1 aromatic heterocycles. The smallest absolute Gasteiger partial charge is 0.257 e. The van der Waals surface area contributed by atoms with Gasteiger partial charge in [-0.1, -0.05) is 20.8 Å². The maximum atomic E-state index is 14.4. The zero-order valence-corrected chi connectivity index (χ0v) is 13.0. The van der Waals surface area contributed by atoms with Crippen LogP contribution in [0.2, 0.25) is 0 Å². The van der Waals surface area contributed by atoms with Crippen LogP contribution in [0.25, 0.3) is 0 Å². The summed E-state index contributed by atoms with van der Waals surface area (Å²) in [5, 5.41) is 2.92. The number of pyridine rings is 1. The number of hydrogen-bond donors (Lipinski definition) is 1. The van der Waals surface area contributed by atoms with Gasteiger partial charge in [0, 0.05) is 25.8 Å². The van der Waals surface area contributed by atoms with Crippen LogP contribution in [0, 0.1) is 17.7 Å². The van der Waals surface area contributed by atoms with Crippen molar-refractivity contribution in [1.82, 2.24) is 9.88 Å². The molecule has 0 bridgehead atoms. The molecular weight excluding hydrogens is 269 g/mol. The summed E-state index contributed by atoms with van der Waals surface area (Å²) in [5.74, 6) is 0.458. The number of amides is 1. The summed E-state index contributed by atoms with van der Waals surface area (Å²) in [6, 6.07) is 1.47. The van der Waals surface area contributed by atoms with Gasteiger partial charge < -0.3 is 10.2 Å². The highest BCUT2D eigenvalue weighted by Crippen LogP contribution is 2.25. The van der Waals surface area contributed by atoms with Gasteiger partial charge in [0.25, 0.3) is 5.91 Å². The molecule has 2 atom stereocenters. The Hall–Kier alpha value is -1.65. The summed E-state index contributed by atoms with van der Waals surface area (Å²) in [5.41, 5.74) is 0.116. The molecule has 0 spiro atoms. The summed E-state index contributed by atoms with van der Waals surface area (Å²) in [6.45, 7) is 8.37. The van der Waals surface area contributed by atoms with Crippen molar-refractivity contribution in [3.8, 4) is 0 Å². The minimum atomic E-state index is -0.540. The molecule has 1 amide bonds. The molecule has 116 valence electrons. The van der Waals surface area contributed by atoms with Gasteiger partial charge in [0.05, 0.1) is 5.56 Å². The van der Waals surface area contributed by atoms with E-state index in [0.29, 0.717) is 31.5 Å². The van der Waals surface area contributed by atoms with Gasteiger partial charge in [-0.2, -0.15) is 0 Å². The Morgan fingerprint density at radius 2 is 2.24 bits per heavy atom. The van der Waals surface area contributed by atoms with Gasteiger partial charge in [-0.05, 0) is 30.7 Å². The number of carbonyl (C=O) groups is 1. The number of likely N-dealkylation sites (tertiary alicyclic amines) is 1. The van der Waals surface area contributed by atoms with Crippen molar-refractivity contribution in [2.24, 2.45) is 11.8 Å². The van der Waals surface area contributed by atoms with Gasteiger partial charge in [0.2, 0.25) is 0 Å². The van der Waals surface area contributed by atoms with Crippen molar-refractivity contribution in [2.75, 3.05) is 25.0 Å². The summed E-state index contributed by atoms with van der Waals surface area (Å²) in [6.07, 6.45) is 3.34. The average molecular weight is 293 g/mol. The van der Waals surface area contributed by atoms with Crippen LogP contribution in [0.5, 0.6) is 0 Å². The lowest BCUT2D eigenvalue weighted by atomic mass is 9.88. The van der Waals surface area contributed by atoms with Crippen LogP contribution in [-0.4, -0.2) is 35.4 Å². The predicted molar refractivity (Wildman–Crippen MR) is 81.8 cm³/mol. The van der Waals surface area contributed by atoms with Crippen molar-refractivity contribution in [3.05, 3.63) is 23.6 Å². The molecule has 2 heterocycles. The molecule has 1 N–H and O–H groups in total. The number of anilines is 1. The second-order valence-electron chi connectivity index (χ2n) is 5.94. The Balaban J connectivity index is 2.15. The minimum absolute atomic E-state index is 0.116. The first-order valence-corrected chi connectivity index (χ1v) is 7.72. The molecule has 21 heavy (non-hydrogen) atoms. The van der Waals surface area contributed by atoms with Gasteiger partial charge in [-0.3, -0.25) is 4.79 Å². The standard InChI is InChI=1S/C16H24FN3O/c1-4-7-18-15-14(17)13(5-8-19-15)16(21)20-9-6-11(2)12(3)10-20/h5,8,11-12H,4,6-7,9-10H2,1-3H3,(H,18,19). The molecule has 1 fully saturated rings. The first-order valence-electron chi connectivity index (χ1n) is 7.72. The first kappa shape index (κ1) is 15.7. The van der Waals surface area contributed by atoms with E-state index in [4.69, 9.17) is 0 Å². The second-order valence-corrected chi connectivity index (χ2v) is 5.94. The van der Waals surface area contributed by atoms with Gasteiger partial charge in [-0.15, -0.1) is 0 Å². The maximum absolute atomic E-state index is 14.4. The van der Waals surface area contributed by atoms with Crippen LogP contribution in [0.15, 0.2) is 12.3 Å². The number of aromatic nitrogens is 1. The average Bonchev–Trinajstić information content (AvgIpc) is 2.48. The maximum Gasteiger partial charge on any atom is 0.257 e. The number of hydrogen-bond acceptors (Lipinski definition) is 3. The molecule has 2 rings (SSSR count). The molecule has 1 aromatic rings. The number of nitrogens with one attached hydrogen (secondary N) is 1. The Morgan fingerprint density at radius 1 is 1.48 bits per heavy atom. The van der Waals surface area contributed by atoms with Crippen molar-refractivity contribution in [2.45, 2.75) is 33.6 Å². The molecule has 0 radical (unpaired) electrons. The zero-order chi connectivity index (χ0) is 15.4. The van der Waals surface area contributed by atoms with Gasteiger partial charge >= 0.3 is 0 Å². The van der Waals surface area contributed by atoms with Crippen molar-refractivity contribution >= 4 is 11.7 Å². The Bertz CT molecular complexity index is 506. The van der Waals surface area contributed by atoms with Crippen molar-refractivity contribution in [3.63, 3.8) is 0 Å². The number of nitrogens with zero attached hydrogens (tertiary/aromatic N) is 2. The Labute approximate surface area is 125 Å². The van der Waals surface area contributed by atoms with Crippen LogP contribution in [0.4, 0.5) is 10.2 Å². The molecule has 0 saturated carbocycles. The van der Waals surface area contributed by atoms with Crippen LogP contribution < -0.4 is 5.32 Å². The molecule has 2 unspecified atom stereocenters. The summed E-state index contributed by atoms with van der Waals surface area (Å²) in [7, 11) is 0. The molecule has 0 aliphatic carbocycles. The predicted octanol–water partition coefficient (Wildman–Crippen LogP) is 3.16. The third-order valence-corrected chi connectivity index (χ3v) is 4.28. The van der Waals surface area contributed by atoms with Crippen LogP contribution in [0.3, 0.4) is 0 Å². The molecular formula is C16H24FN3O. The monoisotopic (exact) mass is 293 g/mol. The van der Waals surface area contributed by atoms with Crippen LogP contribution >= 0.6 is 0 Å². The fraction of sp³-hybridized carbons (Fsp3) is 0.625. The fourth-order valence-electron chi connectivity index (χ4n) is 2.59. The summed E-state index contributed by atoms with van der Waals surface area (Å²) >= 11 is 0. The van der Waals surface area contributed by atoms with E-state index in [-0.39, 0.29) is 17.3 Å². The van der Waals surface area contributed by atoms with Gasteiger partial charge in [-0.25, -0.2) is 9.37 Å². The van der Waals surface area contributed by atoms with Crippen molar-refractivity contribution < 1.29 is 9.18 Å². The molecule has 1 aliphatic heterocycles. The lowest BCUT2D eigenvalue weighted by Gasteiger charge is -2.35. The lowest BCUT2D eigenvalue weighted by molar-refractivity contribution is 0.0623. The van der Waals surface area contributed by atoms with E-state index in [9.17, 15) is 9.18 Å². The highest BCUT2D eigenvalue weighted by Gasteiger charge is 2.28. The fourth-order valence-corrected chi connectivity index (χ4v) is 2.59. The first-order chi connectivity index (χ1) is 10.0. The van der Waals surface area contributed by atoms with Crippen molar-refractivity contribution in [1.29, 1.82) is 0 Å². The topological polar surface area (TPSA) is 45.2 Å². The number of carbonyl (C=O) groups excluding carboxylic acids is 1. The zero-order valence-electron chi connectivity index (χ0n) is 13.0. The van der Waals surface area contributed by atoms with E-state index in [0.717, 1.165) is 12.8 Å². The van der Waals surface area contributed by atoms with E-state index in [2.05, 4.69) is 24.1 Å². The molecule has 1 saturated heterocycles. The molecule has 4 nitrogen and oxygen atoms in total. The number of rotatable bonds is 4. The lowest BCUT2D eigenvalue weighted by Crippen LogP contribution is -2.42. The minimum Gasteiger partial charge on any atom is -0.368 e. The van der Waals surface area contributed by atoms with E-state index in [1.54, 1.807) is 4.90 Å². The van der Waals surface area contributed by atoms with Gasteiger partial charge in [0.15, 0.2) is 11.6 Å². The summed E-state index contributed by atoms with van der Waals surface area (Å²) < 4.78 is 14.4.